The summed E-state index contributed by atoms with van der Waals surface area (Å²) in [6.07, 6.45) is 7.19. The van der Waals surface area contributed by atoms with Gasteiger partial charge in [0.25, 0.3) is 5.91 Å². The van der Waals surface area contributed by atoms with Crippen LogP contribution in [0.3, 0.4) is 0 Å². The van der Waals surface area contributed by atoms with Gasteiger partial charge in [-0.05, 0) is 43.2 Å². The Labute approximate surface area is 176 Å². The summed E-state index contributed by atoms with van der Waals surface area (Å²) in [5, 5.41) is 0. The largest absolute Gasteiger partial charge is 0.372 e. The van der Waals surface area contributed by atoms with E-state index in [0.717, 1.165) is 18.4 Å². The summed E-state index contributed by atoms with van der Waals surface area (Å²) in [5.74, 6) is -0.520. The van der Waals surface area contributed by atoms with Crippen molar-refractivity contribution in [3.63, 3.8) is 0 Å². The summed E-state index contributed by atoms with van der Waals surface area (Å²) in [4.78, 5) is 16.9. The molecule has 152 valence electrons. The quantitative estimate of drug-likeness (QED) is 0.501. The zero-order chi connectivity index (χ0) is 20.6. The van der Waals surface area contributed by atoms with Crippen LogP contribution in [0.25, 0.3) is 0 Å². The highest BCUT2D eigenvalue weighted by Gasteiger charge is 2.22. The molecule has 1 amide bonds. The van der Waals surface area contributed by atoms with Crippen molar-refractivity contribution < 1.29 is 9.53 Å². The van der Waals surface area contributed by atoms with Gasteiger partial charge in [0.2, 0.25) is 0 Å². The lowest BCUT2D eigenvalue weighted by molar-refractivity contribution is 0.0148. The molecule has 6 heteroatoms. The third-order valence-electron chi connectivity index (χ3n) is 5.04. The molecule has 3 aromatic rings. The van der Waals surface area contributed by atoms with Crippen LogP contribution in [0.2, 0.25) is 0 Å². The Bertz CT molecular complexity index is 927. The van der Waals surface area contributed by atoms with Crippen molar-refractivity contribution in [3.05, 3.63) is 83.9 Å². The van der Waals surface area contributed by atoms with Crippen LogP contribution in [0.5, 0.6) is 0 Å². The fourth-order valence-corrected chi connectivity index (χ4v) is 4.04. The molecule has 0 saturated carbocycles. The number of nitrogens with zero attached hydrogens (tertiary/aromatic N) is 2. The van der Waals surface area contributed by atoms with Crippen LogP contribution >= 0.6 is 11.8 Å². The Morgan fingerprint density at radius 3 is 2.59 bits per heavy atom. The van der Waals surface area contributed by atoms with Gasteiger partial charge in [0.05, 0.1) is 25.1 Å². The molecule has 0 saturated heterocycles. The number of nitrogens with two attached hydrogens (primary N) is 1. The number of benzene rings is 2. The molecule has 0 aliphatic rings. The minimum absolute atomic E-state index is 0.0363. The topological polar surface area (TPSA) is 70.1 Å². The zero-order valence-electron chi connectivity index (χ0n) is 16.8. The number of carbonyl (C=O) groups excluding carboxylic acids is 1. The lowest BCUT2D eigenvalue weighted by Gasteiger charge is -2.26. The van der Waals surface area contributed by atoms with E-state index in [1.165, 1.54) is 10.5 Å². The number of imidazole rings is 1. The molecule has 0 fully saturated rings. The Hall–Kier alpha value is -2.57. The highest BCUT2D eigenvalue weighted by molar-refractivity contribution is 7.98. The molecule has 0 unspecified atom stereocenters. The number of thioether (sulfide) groups is 1. The summed E-state index contributed by atoms with van der Waals surface area (Å²) in [6.45, 7) is 2.61. The summed E-state index contributed by atoms with van der Waals surface area (Å²) >= 11 is 1.76. The summed E-state index contributed by atoms with van der Waals surface area (Å²) < 4.78 is 8.15. The average Bonchev–Trinajstić information content (AvgIpc) is 3.24. The number of amides is 1. The maximum absolute atomic E-state index is 11.5. The smallest absolute Gasteiger partial charge is 0.268 e. The van der Waals surface area contributed by atoms with Crippen molar-refractivity contribution in [3.8, 4) is 0 Å². The van der Waals surface area contributed by atoms with Crippen molar-refractivity contribution in [1.29, 1.82) is 0 Å². The van der Waals surface area contributed by atoms with Gasteiger partial charge >= 0.3 is 0 Å². The summed E-state index contributed by atoms with van der Waals surface area (Å²) in [7, 11) is 0. The molecule has 3 rings (SSSR count). The monoisotopic (exact) mass is 409 g/mol. The molecule has 1 heterocycles. The number of aromatic nitrogens is 2. The molecule has 2 aromatic carbocycles. The number of hydrogen-bond acceptors (Lipinski definition) is 4. The summed E-state index contributed by atoms with van der Waals surface area (Å²) in [5.41, 5.74) is 8.11. The Morgan fingerprint density at radius 1 is 1.17 bits per heavy atom. The van der Waals surface area contributed by atoms with Gasteiger partial charge in [-0.1, -0.05) is 48.5 Å². The number of carbonyl (C=O) groups is 1. The second kappa shape index (κ2) is 10.3. The van der Waals surface area contributed by atoms with Crippen LogP contribution in [0.1, 0.15) is 41.0 Å². The van der Waals surface area contributed by atoms with Crippen LogP contribution in [0.4, 0.5) is 0 Å². The Kier molecular flexibility index (Phi) is 7.49. The third kappa shape index (κ3) is 5.71. The number of ether oxygens (including phenoxy) is 1. The third-order valence-corrected chi connectivity index (χ3v) is 5.87. The van der Waals surface area contributed by atoms with E-state index in [1.807, 2.05) is 22.8 Å². The fourth-order valence-electron chi connectivity index (χ4n) is 3.40. The van der Waals surface area contributed by atoms with E-state index in [2.05, 4.69) is 54.6 Å². The maximum atomic E-state index is 11.5. The van der Waals surface area contributed by atoms with Crippen molar-refractivity contribution in [1.82, 2.24) is 9.55 Å². The van der Waals surface area contributed by atoms with Gasteiger partial charge in [-0.25, -0.2) is 4.98 Å². The Balaban J connectivity index is 1.75. The second-order valence-corrected chi connectivity index (χ2v) is 7.84. The minimum Gasteiger partial charge on any atom is -0.372 e. The number of rotatable bonds is 10. The second-order valence-electron chi connectivity index (χ2n) is 6.99. The van der Waals surface area contributed by atoms with Crippen LogP contribution in [-0.2, 0) is 17.8 Å². The lowest BCUT2D eigenvalue weighted by Crippen LogP contribution is -2.24. The van der Waals surface area contributed by atoms with Gasteiger partial charge in [-0.2, -0.15) is 0 Å². The van der Waals surface area contributed by atoms with Crippen LogP contribution in [0.15, 0.2) is 72.0 Å². The fraction of sp³-hybridized carbons (Fsp3) is 0.304. The molecule has 29 heavy (non-hydrogen) atoms. The highest BCUT2D eigenvalue weighted by Crippen LogP contribution is 2.27. The van der Waals surface area contributed by atoms with E-state index in [-0.39, 0.29) is 17.8 Å². The minimum atomic E-state index is -0.520. The van der Waals surface area contributed by atoms with E-state index in [9.17, 15) is 4.79 Å². The molecular formula is C23H27N3O2S. The van der Waals surface area contributed by atoms with E-state index in [1.54, 1.807) is 24.3 Å². The average molecular weight is 410 g/mol. The Morgan fingerprint density at radius 2 is 1.90 bits per heavy atom. The first-order valence-corrected chi connectivity index (χ1v) is 10.9. The predicted octanol–water partition coefficient (Wildman–Crippen LogP) is 4.48. The van der Waals surface area contributed by atoms with Gasteiger partial charge in [0, 0.05) is 11.1 Å². The van der Waals surface area contributed by atoms with Crippen molar-refractivity contribution in [2.45, 2.75) is 43.4 Å². The molecule has 0 spiro atoms. The van der Waals surface area contributed by atoms with Gasteiger partial charge < -0.3 is 15.0 Å². The standard InChI is InChI=1S/C23H27N3O2S/c1-17(28-15-18-8-4-3-5-9-18)21(26-14-20(23(24)27)25-16-26)13-12-19-10-6-7-11-22(19)29-2/h3-11,14,16-17,21H,12-13,15H2,1-2H3,(H2,24,27)/t17-,21+/m0/s1. The van der Waals surface area contributed by atoms with Crippen molar-refractivity contribution in [2.75, 3.05) is 6.26 Å². The molecule has 0 aliphatic carbocycles. The number of aryl methyl sites for hydroxylation is 1. The molecule has 0 bridgehead atoms. The van der Waals surface area contributed by atoms with Crippen LogP contribution in [0, 0.1) is 0 Å². The van der Waals surface area contributed by atoms with E-state index in [0.29, 0.717) is 6.61 Å². The SMILES string of the molecule is CSc1ccccc1CC[C@H]([C@H](C)OCc1ccccc1)n1cnc(C(N)=O)c1. The predicted molar refractivity (Wildman–Crippen MR) is 117 cm³/mol. The normalized spacial score (nSPS) is 13.2. The maximum Gasteiger partial charge on any atom is 0.268 e. The lowest BCUT2D eigenvalue weighted by atomic mass is 10.0. The van der Waals surface area contributed by atoms with E-state index < -0.39 is 5.91 Å². The van der Waals surface area contributed by atoms with Crippen LogP contribution in [-0.4, -0.2) is 27.8 Å². The molecule has 5 nitrogen and oxygen atoms in total. The van der Waals surface area contributed by atoms with Crippen LogP contribution < -0.4 is 5.73 Å². The highest BCUT2D eigenvalue weighted by atomic mass is 32.2. The van der Waals surface area contributed by atoms with Crippen molar-refractivity contribution in [2.24, 2.45) is 5.73 Å². The first-order chi connectivity index (χ1) is 14.1. The first-order valence-electron chi connectivity index (χ1n) is 9.69. The number of primary amides is 1. The van der Waals surface area contributed by atoms with Gasteiger partial charge in [0.1, 0.15) is 5.69 Å². The molecule has 2 N–H and O–H groups in total. The van der Waals surface area contributed by atoms with Gasteiger partial charge in [-0.3, -0.25) is 4.79 Å². The number of hydrogen-bond donors (Lipinski definition) is 1. The first kappa shape index (κ1) is 21.1. The molecule has 1 aromatic heterocycles. The van der Waals surface area contributed by atoms with E-state index >= 15 is 0 Å². The molecule has 2 atom stereocenters. The van der Waals surface area contributed by atoms with Gasteiger partial charge in [0.15, 0.2) is 0 Å². The van der Waals surface area contributed by atoms with E-state index in [4.69, 9.17) is 10.5 Å². The zero-order valence-corrected chi connectivity index (χ0v) is 17.6. The molecule has 0 radical (unpaired) electrons. The van der Waals surface area contributed by atoms with Crippen molar-refractivity contribution >= 4 is 17.7 Å². The van der Waals surface area contributed by atoms with Gasteiger partial charge in [-0.15, -0.1) is 11.8 Å². The molecular weight excluding hydrogens is 382 g/mol. The summed E-state index contributed by atoms with van der Waals surface area (Å²) in [6, 6.07) is 18.6. The molecule has 0 aliphatic heterocycles.